The molecule has 2 aromatic rings. The smallest absolute Gasteiger partial charge is 0.349 e. The van der Waals surface area contributed by atoms with Gasteiger partial charge in [0.1, 0.15) is 5.75 Å². The molecule has 0 spiro atoms. The molecule has 0 aliphatic heterocycles. The lowest BCUT2D eigenvalue weighted by atomic mass is 10.3. The minimum absolute atomic E-state index is 0.0297. The molecule has 0 bridgehead atoms. The Kier molecular flexibility index (Phi) is 5.74. The second-order valence-electron chi connectivity index (χ2n) is 4.31. The first-order valence-corrected chi connectivity index (χ1v) is 7.49. The Labute approximate surface area is 145 Å². The number of carbonyl (C=O) groups excluding carboxylic acids is 1. The fraction of sp³-hybridized carbons (Fsp3) is 0.133. The zero-order valence-corrected chi connectivity index (χ0v) is 14.2. The summed E-state index contributed by atoms with van der Waals surface area (Å²) in [6, 6.07) is 10.9. The molecular formula is C15H12INO6. The quantitative estimate of drug-likeness (QED) is 0.231. The summed E-state index contributed by atoms with van der Waals surface area (Å²) in [5.74, 6) is 0.0202. The Morgan fingerprint density at radius 2 is 1.87 bits per heavy atom. The van der Waals surface area contributed by atoms with Crippen molar-refractivity contribution >= 4 is 34.2 Å². The molecule has 0 aliphatic rings. The first-order valence-electron chi connectivity index (χ1n) is 6.41. The highest BCUT2D eigenvalue weighted by atomic mass is 127. The molecule has 0 atom stereocenters. The number of carbonyl (C=O) groups is 1. The van der Waals surface area contributed by atoms with Gasteiger partial charge in [-0.25, -0.2) is 4.79 Å². The molecule has 23 heavy (non-hydrogen) atoms. The molecule has 2 rings (SSSR count). The molecule has 2 aromatic carbocycles. The van der Waals surface area contributed by atoms with Crippen molar-refractivity contribution in [3.8, 4) is 17.2 Å². The Morgan fingerprint density at radius 3 is 2.48 bits per heavy atom. The number of ether oxygens (including phenoxy) is 3. The zero-order chi connectivity index (χ0) is 16.8. The Morgan fingerprint density at radius 1 is 1.17 bits per heavy atom. The Balaban J connectivity index is 2.02. The van der Waals surface area contributed by atoms with Gasteiger partial charge in [0.15, 0.2) is 18.1 Å². The number of nitro benzene ring substituents is 1. The van der Waals surface area contributed by atoms with E-state index < -0.39 is 10.9 Å². The van der Waals surface area contributed by atoms with Crippen molar-refractivity contribution in [2.75, 3.05) is 13.7 Å². The third-order valence-electron chi connectivity index (χ3n) is 2.75. The Hall–Kier alpha value is -2.36. The monoisotopic (exact) mass is 429 g/mol. The predicted molar refractivity (Wildman–Crippen MR) is 89.9 cm³/mol. The van der Waals surface area contributed by atoms with Gasteiger partial charge < -0.3 is 14.2 Å². The van der Waals surface area contributed by atoms with Crippen molar-refractivity contribution in [2.24, 2.45) is 0 Å². The fourth-order valence-corrected chi connectivity index (χ4v) is 2.04. The topological polar surface area (TPSA) is 87.9 Å². The average molecular weight is 429 g/mol. The molecule has 0 heterocycles. The number of hydrogen-bond acceptors (Lipinski definition) is 6. The van der Waals surface area contributed by atoms with E-state index in [-0.39, 0.29) is 23.8 Å². The largest absolute Gasteiger partial charge is 0.493 e. The molecule has 0 amide bonds. The minimum Gasteiger partial charge on any atom is -0.493 e. The second-order valence-corrected chi connectivity index (χ2v) is 5.55. The summed E-state index contributed by atoms with van der Waals surface area (Å²) < 4.78 is 16.4. The van der Waals surface area contributed by atoms with E-state index in [9.17, 15) is 14.9 Å². The van der Waals surface area contributed by atoms with Crippen LogP contribution in [0.1, 0.15) is 0 Å². The van der Waals surface area contributed by atoms with Gasteiger partial charge in [0.25, 0.3) is 5.69 Å². The van der Waals surface area contributed by atoms with Crippen molar-refractivity contribution in [2.45, 2.75) is 0 Å². The maximum atomic E-state index is 11.8. The van der Waals surface area contributed by atoms with Crippen LogP contribution in [0, 0.1) is 13.7 Å². The molecule has 8 heteroatoms. The number of hydrogen-bond donors (Lipinski definition) is 0. The maximum absolute atomic E-state index is 11.8. The standard InChI is InChI=1S/C15H12INO6/c1-21-13-7-4-11(17(19)20)8-14(13)23-15(18)9-22-12-5-2-10(16)3-6-12/h2-8H,9H2,1H3. The van der Waals surface area contributed by atoms with Crippen molar-refractivity contribution in [1.82, 2.24) is 0 Å². The molecule has 0 saturated carbocycles. The molecule has 0 N–H and O–H groups in total. The van der Waals surface area contributed by atoms with Crippen LogP contribution < -0.4 is 14.2 Å². The molecule has 0 fully saturated rings. The van der Waals surface area contributed by atoms with Gasteiger partial charge >= 0.3 is 5.97 Å². The lowest BCUT2D eigenvalue weighted by Gasteiger charge is -2.09. The van der Waals surface area contributed by atoms with E-state index in [1.165, 1.54) is 19.2 Å². The number of halogens is 1. The van der Waals surface area contributed by atoms with E-state index in [0.29, 0.717) is 5.75 Å². The summed E-state index contributed by atoms with van der Waals surface area (Å²) in [5, 5.41) is 10.8. The van der Waals surface area contributed by atoms with E-state index >= 15 is 0 Å². The highest BCUT2D eigenvalue weighted by molar-refractivity contribution is 14.1. The van der Waals surface area contributed by atoms with E-state index in [4.69, 9.17) is 14.2 Å². The van der Waals surface area contributed by atoms with Gasteiger partial charge in [-0.15, -0.1) is 0 Å². The van der Waals surface area contributed by atoms with Crippen LogP contribution in [-0.2, 0) is 4.79 Å². The predicted octanol–water partition coefficient (Wildman–Crippen LogP) is 3.19. The van der Waals surface area contributed by atoms with Crippen LogP contribution in [0.3, 0.4) is 0 Å². The molecule has 7 nitrogen and oxygen atoms in total. The number of esters is 1. The van der Waals surface area contributed by atoms with E-state index in [1.54, 1.807) is 12.1 Å². The number of nitrogens with zero attached hydrogens (tertiary/aromatic N) is 1. The van der Waals surface area contributed by atoms with Gasteiger partial charge in [0.05, 0.1) is 18.1 Å². The first-order chi connectivity index (χ1) is 11.0. The summed E-state index contributed by atoms with van der Waals surface area (Å²) in [6.07, 6.45) is 0. The van der Waals surface area contributed by atoms with Crippen LogP contribution in [0.5, 0.6) is 17.2 Å². The second kappa shape index (κ2) is 7.77. The zero-order valence-electron chi connectivity index (χ0n) is 12.0. The van der Waals surface area contributed by atoms with Gasteiger partial charge in [0.2, 0.25) is 0 Å². The van der Waals surface area contributed by atoms with Gasteiger partial charge in [-0.3, -0.25) is 10.1 Å². The Bertz CT molecular complexity index is 716. The van der Waals surface area contributed by atoms with Gasteiger partial charge in [-0.05, 0) is 52.9 Å². The third kappa shape index (κ3) is 4.81. The summed E-state index contributed by atoms with van der Waals surface area (Å²) in [5.41, 5.74) is -0.202. The number of benzene rings is 2. The van der Waals surface area contributed by atoms with Crippen molar-refractivity contribution in [1.29, 1.82) is 0 Å². The highest BCUT2D eigenvalue weighted by Gasteiger charge is 2.16. The van der Waals surface area contributed by atoms with E-state index in [1.807, 2.05) is 12.1 Å². The SMILES string of the molecule is COc1ccc([N+](=O)[O-])cc1OC(=O)COc1ccc(I)cc1. The van der Waals surface area contributed by atoms with Gasteiger partial charge in [-0.2, -0.15) is 0 Å². The number of rotatable bonds is 6. The lowest BCUT2D eigenvalue weighted by Crippen LogP contribution is -2.18. The van der Waals surface area contributed by atoms with Crippen LogP contribution in [0.4, 0.5) is 5.69 Å². The van der Waals surface area contributed by atoms with Crippen molar-refractivity contribution in [3.05, 3.63) is 56.1 Å². The number of methoxy groups -OCH3 is 1. The molecule has 0 saturated heterocycles. The van der Waals surface area contributed by atoms with Crippen LogP contribution in [0.25, 0.3) is 0 Å². The fourth-order valence-electron chi connectivity index (χ4n) is 1.68. The molecular weight excluding hydrogens is 417 g/mol. The van der Waals surface area contributed by atoms with Crippen molar-refractivity contribution < 1.29 is 23.9 Å². The van der Waals surface area contributed by atoms with E-state index in [0.717, 1.165) is 9.64 Å². The number of nitro groups is 1. The van der Waals surface area contributed by atoms with E-state index in [2.05, 4.69) is 22.6 Å². The van der Waals surface area contributed by atoms with Gasteiger partial charge in [0, 0.05) is 9.64 Å². The minimum atomic E-state index is -0.692. The van der Waals surface area contributed by atoms with Crippen LogP contribution >= 0.6 is 22.6 Å². The average Bonchev–Trinajstić information content (AvgIpc) is 2.54. The van der Waals surface area contributed by atoms with Gasteiger partial charge in [-0.1, -0.05) is 0 Å². The normalized spacial score (nSPS) is 10.0. The van der Waals surface area contributed by atoms with Crippen LogP contribution in [0.15, 0.2) is 42.5 Å². The summed E-state index contributed by atoms with van der Waals surface area (Å²) in [7, 11) is 1.38. The molecule has 0 unspecified atom stereocenters. The molecule has 0 radical (unpaired) electrons. The van der Waals surface area contributed by atoms with Crippen LogP contribution in [-0.4, -0.2) is 24.6 Å². The molecule has 120 valence electrons. The molecule has 0 aromatic heterocycles. The first kappa shape index (κ1) is 17.0. The molecule has 0 aliphatic carbocycles. The highest BCUT2D eigenvalue weighted by Crippen LogP contribution is 2.31. The summed E-state index contributed by atoms with van der Waals surface area (Å²) >= 11 is 2.15. The number of non-ortho nitro benzene ring substituents is 1. The maximum Gasteiger partial charge on any atom is 0.349 e. The van der Waals surface area contributed by atoms with Crippen molar-refractivity contribution in [3.63, 3.8) is 0 Å². The lowest BCUT2D eigenvalue weighted by molar-refractivity contribution is -0.384. The third-order valence-corrected chi connectivity index (χ3v) is 3.47. The van der Waals surface area contributed by atoms with Crippen LogP contribution in [0.2, 0.25) is 0 Å². The summed E-state index contributed by atoms with van der Waals surface area (Å²) in [6.45, 7) is -0.327. The summed E-state index contributed by atoms with van der Waals surface area (Å²) in [4.78, 5) is 22.0.